The van der Waals surface area contributed by atoms with Crippen molar-refractivity contribution in [3.8, 4) is 11.4 Å². The quantitative estimate of drug-likeness (QED) is 0.827. The lowest BCUT2D eigenvalue weighted by molar-refractivity contribution is 0.0911. The van der Waals surface area contributed by atoms with Crippen molar-refractivity contribution < 1.29 is 13.7 Å². The molecule has 0 unspecified atom stereocenters. The predicted octanol–water partition coefficient (Wildman–Crippen LogP) is 0.564. The van der Waals surface area contributed by atoms with Crippen molar-refractivity contribution in [3.05, 3.63) is 36.0 Å². The van der Waals surface area contributed by atoms with Crippen LogP contribution in [0.3, 0.4) is 0 Å². The van der Waals surface area contributed by atoms with Crippen LogP contribution in [0.5, 0.6) is 0 Å². The van der Waals surface area contributed by atoms with Crippen LogP contribution in [0.1, 0.15) is 10.7 Å². The third kappa shape index (κ3) is 2.51. The van der Waals surface area contributed by atoms with Gasteiger partial charge in [-0.25, -0.2) is 4.39 Å². The second-order valence-corrected chi connectivity index (χ2v) is 3.45. The first-order chi connectivity index (χ1) is 8.72. The summed E-state index contributed by atoms with van der Waals surface area (Å²) >= 11 is 0. The smallest absolute Gasteiger partial charge is 0.316 e. The highest BCUT2D eigenvalue weighted by Gasteiger charge is 2.17. The minimum Gasteiger partial charge on any atom is -0.347 e. The largest absolute Gasteiger partial charge is 0.347 e. The summed E-state index contributed by atoms with van der Waals surface area (Å²) < 4.78 is 18.2. The fourth-order valence-corrected chi connectivity index (χ4v) is 1.33. The average molecular weight is 250 g/mol. The van der Waals surface area contributed by atoms with Gasteiger partial charge in [-0.15, -0.1) is 0 Å². The highest BCUT2D eigenvalue weighted by Crippen LogP contribution is 2.18. The number of benzene rings is 1. The van der Waals surface area contributed by atoms with E-state index in [1.54, 1.807) is 12.1 Å². The highest BCUT2D eigenvalue weighted by molar-refractivity contribution is 5.89. The monoisotopic (exact) mass is 250 g/mol. The molecule has 0 radical (unpaired) electrons. The Bertz CT molecular complexity index is 555. The summed E-state index contributed by atoms with van der Waals surface area (Å²) in [5, 5.41) is 6.03. The maximum atomic E-state index is 13.4. The Morgan fingerprint density at radius 2 is 2.22 bits per heavy atom. The van der Waals surface area contributed by atoms with E-state index in [1.807, 2.05) is 0 Å². The van der Waals surface area contributed by atoms with Gasteiger partial charge in [0.2, 0.25) is 5.82 Å². The Morgan fingerprint density at radius 1 is 1.44 bits per heavy atom. The summed E-state index contributed by atoms with van der Waals surface area (Å²) in [5.41, 5.74) is 5.42. The fraction of sp³-hybridized carbons (Fsp3) is 0.182. The van der Waals surface area contributed by atoms with E-state index in [9.17, 15) is 9.18 Å². The van der Waals surface area contributed by atoms with Crippen LogP contribution in [0.15, 0.2) is 28.8 Å². The zero-order valence-corrected chi connectivity index (χ0v) is 9.39. The molecule has 2 aromatic rings. The van der Waals surface area contributed by atoms with Gasteiger partial charge in [0.05, 0.1) is 5.56 Å². The third-order valence-electron chi connectivity index (χ3n) is 2.16. The first-order valence-corrected chi connectivity index (χ1v) is 5.29. The van der Waals surface area contributed by atoms with Crippen LogP contribution in [-0.4, -0.2) is 29.1 Å². The molecule has 0 saturated heterocycles. The van der Waals surface area contributed by atoms with Crippen molar-refractivity contribution in [1.29, 1.82) is 0 Å². The minimum atomic E-state index is -0.532. The maximum Gasteiger partial charge on any atom is 0.316 e. The number of hydrogen-bond acceptors (Lipinski definition) is 5. The number of rotatable bonds is 4. The molecule has 0 atom stereocenters. The van der Waals surface area contributed by atoms with Gasteiger partial charge in [-0.2, -0.15) is 4.98 Å². The van der Waals surface area contributed by atoms with Gasteiger partial charge < -0.3 is 15.6 Å². The second-order valence-electron chi connectivity index (χ2n) is 3.45. The molecule has 18 heavy (non-hydrogen) atoms. The van der Waals surface area contributed by atoms with Gasteiger partial charge in [-0.1, -0.05) is 17.3 Å². The minimum absolute atomic E-state index is 0.0333. The first-order valence-electron chi connectivity index (χ1n) is 5.29. The van der Waals surface area contributed by atoms with E-state index in [-0.39, 0.29) is 17.3 Å². The lowest BCUT2D eigenvalue weighted by Gasteiger charge is -1.97. The van der Waals surface area contributed by atoms with Crippen LogP contribution in [0.4, 0.5) is 4.39 Å². The van der Waals surface area contributed by atoms with Crippen LogP contribution >= 0.6 is 0 Å². The molecular formula is C11H11FN4O2. The molecule has 1 amide bonds. The molecular weight excluding hydrogens is 239 g/mol. The van der Waals surface area contributed by atoms with E-state index in [0.29, 0.717) is 13.1 Å². The maximum absolute atomic E-state index is 13.4. The molecule has 1 aromatic carbocycles. The normalized spacial score (nSPS) is 10.3. The van der Waals surface area contributed by atoms with E-state index in [0.717, 1.165) is 0 Å². The fourth-order valence-electron chi connectivity index (χ4n) is 1.33. The lowest BCUT2D eigenvalue weighted by atomic mass is 10.2. The highest BCUT2D eigenvalue weighted by atomic mass is 19.1. The number of hydrogen-bond donors (Lipinski definition) is 2. The van der Waals surface area contributed by atoms with Crippen molar-refractivity contribution in [3.63, 3.8) is 0 Å². The molecule has 0 aliphatic rings. The standard InChI is InChI=1S/C11H11FN4O2/c12-8-4-2-1-3-7(8)9-15-11(18-16-9)10(17)14-6-5-13/h1-4H,5-6,13H2,(H,14,17). The van der Waals surface area contributed by atoms with E-state index >= 15 is 0 Å². The van der Waals surface area contributed by atoms with E-state index in [2.05, 4.69) is 15.5 Å². The van der Waals surface area contributed by atoms with Crippen molar-refractivity contribution >= 4 is 5.91 Å². The van der Waals surface area contributed by atoms with E-state index < -0.39 is 11.7 Å². The number of nitrogens with two attached hydrogens (primary N) is 1. The molecule has 7 heteroatoms. The molecule has 94 valence electrons. The topological polar surface area (TPSA) is 94.0 Å². The SMILES string of the molecule is NCCNC(=O)c1nc(-c2ccccc2F)no1. The second kappa shape index (κ2) is 5.37. The molecule has 0 spiro atoms. The molecule has 0 fully saturated rings. The number of aromatic nitrogens is 2. The van der Waals surface area contributed by atoms with E-state index in [4.69, 9.17) is 10.3 Å². The zero-order valence-electron chi connectivity index (χ0n) is 9.39. The van der Waals surface area contributed by atoms with Crippen molar-refractivity contribution in [2.45, 2.75) is 0 Å². The van der Waals surface area contributed by atoms with Crippen LogP contribution in [-0.2, 0) is 0 Å². The van der Waals surface area contributed by atoms with Gasteiger partial charge in [0, 0.05) is 13.1 Å². The van der Waals surface area contributed by atoms with Crippen LogP contribution in [0, 0.1) is 5.82 Å². The van der Waals surface area contributed by atoms with Gasteiger partial charge in [0.15, 0.2) is 0 Å². The van der Waals surface area contributed by atoms with Crippen LogP contribution in [0.2, 0.25) is 0 Å². The number of carbonyl (C=O) groups is 1. The molecule has 6 nitrogen and oxygen atoms in total. The molecule has 2 rings (SSSR count). The van der Waals surface area contributed by atoms with Gasteiger partial charge >= 0.3 is 11.8 Å². The molecule has 0 bridgehead atoms. The summed E-state index contributed by atoms with van der Waals surface area (Å²) in [5.74, 6) is -1.20. The molecule has 0 saturated carbocycles. The summed E-state index contributed by atoms with van der Waals surface area (Å²) in [6.45, 7) is 0.607. The average Bonchev–Trinajstić information content (AvgIpc) is 2.86. The molecule has 0 aliphatic carbocycles. The summed E-state index contributed by atoms with van der Waals surface area (Å²) in [6.07, 6.45) is 0. The summed E-state index contributed by atoms with van der Waals surface area (Å²) in [4.78, 5) is 15.3. The molecule has 1 aromatic heterocycles. The van der Waals surface area contributed by atoms with Crippen LogP contribution in [0.25, 0.3) is 11.4 Å². The summed E-state index contributed by atoms with van der Waals surface area (Å²) in [7, 11) is 0. The Balaban J connectivity index is 2.21. The number of carbonyl (C=O) groups excluding carboxylic acids is 1. The number of nitrogens with zero attached hydrogens (tertiary/aromatic N) is 2. The Hall–Kier alpha value is -2.28. The number of nitrogens with one attached hydrogen (secondary N) is 1. The van der Waals surface area contributed by atoms with Crippen molar-refractivity contribution in [2.75, 3.05) is 13.1 Å². The van der Waals surface area contributed by atoms with Gasteiger partial charge in [0.1, 0.15) is 5.82 Å². The van der Waals surface area contributed by atoms with Crippen molar-refractivity contribution in [2.24, 2.45) is 5.73 Å². The van der Waals surface area contributed by atoms with Gasteiger partial charge in [-0.3, -0.25) is 4.79 Å². The van der Waals surface area contributed by atoms with Crippen molar-refractivity contribution in [1.82, 2.24) is 15.5 Å². The first kappa shape index (κ1) is 12.2. The zero-order chi connectivity index (χ0) is 13.0. The third-order valence-corrected chi connectivity index (χ3v) is 2.16. The molecule has 3 N–H and O–H groups in total. The Kier molecular flexibility index (Phi) is 3.63. The predicted molar refractivity (Wildman–Crippen MR) is 61.1 cm³/mol. The number of halogens is 1. The van der Waals surface area contributed by atoms with Gasteiger partial charge in [-0.05, 0) is 12.1 Å². The molecule has 1 heterocycles. The molecule has 0 aliphatic heterocycles. The lowest BCUT2D eigenvalue weighted by Crippen LogP contribution is -2.29. The number of amides is 1. The summed E-state index contributed by atoms with van der Waals surface area (Å²) in [6, 6.07) is 5.97. The van der Waals surface area contributed by atoms with Crippen LogP contribution < -0.4 is 11.1 Å². The Labute approximate surface area is 102 Å². The Morgan fingerprint density at radius 3 is 2.94 bits per heavy atom. The van der Waals surface area contributed by atoms with E-state index in [1.165, 1.54) is 12.1 Å². The van der Waals surface area contributed by atoms with Gasteiger partial charge in [0.25, 0.3) is 0 Å².